The lowest BCUT2D eigenvalue weighted by molar-refractivity contribution is 0.391. The Morgan fingerprint density at radius 3 is 2.64 bits per heavy atom. The third-order valence-electron chi connectivity index (χ3n) is 4.93. The molecule has 5 aromatic rings. The van der Waals surface area contributed by atoms with E-state index in [1.807, 2.05) is 35.7 Å². The topological polar surface area (TPSA) is 83.0 Å². The van der Waals surface area contributed by atoms with E-state index in [0.717, 1.165) is 11.3 Å². The van der Waals surface area contributed by atoms with Gasteiger partial charge in [-0.3, -0.25) is 9.36 Å². The fourth-order valence-electron chi connectivity index (χ4n) is 3.24. The number of nitrogens with zero attached hydrogens (tertiary/aromatic N) is 4. The maximum Gasteiger partial charge on any atom is 0.272 e. The summed E-state index contributed by atoms with van der Waals surface area (Å²) in [6.07, 6.45) is 0. The summed E-state index contributed by atoms with van der Waals surface area (Å²) in [6.45, 7) is 0.372. The quantitative estimate of drug-likeness (QED) is 0.240. The lowest BCUT2D eigenvalue weighted by Gasteiger charge is -2.12. The molecular weight excluding hydrogens is 463 g/mol. The van der Waals surface area contributed by atoms with Crippen molar-refractivity contribution >= 4 is 33.3 Å². The minimum Gasteiger partial charge on any atom is -0.497 e. The van der Waals surface area contributed by atoms with E-state index in [2.05, 4.69) is 10.1 Å². The van der Waals surface area contributed by atoms with Gasteiger partial charge in [-0.1, -0.05) is 29.1 Å². The summed E-state index contributed by atoms with van der Waals surface area (Å²) in [4.78, 5) is 22.3. The summed E-state index contributed by atoms with van der Waals surface area (Å²) in [5, 5.41) is 6.39. The molecule has 0 aliphatic rings. The van der Waals surface area contributed by atoms with Gasteiger partial charge in [0.2, 0.25) is 11.7 Å². The molecule has 3 heterocycles. The third-order valence-corrected chi connectivity index (χ3v) is 6.78. The number of rotatable bonds is 7. The van der Waals surface area contributed by atoms with E-state index in [1.54, 1.807) is 23.8 Å². The van der Waals surface area contributed by atoms with Gasteiger partial charge in [-0.25, -0.2) is 9.37 Å². The third kappa shape index (κ3) is 4.53. The summed E-state index contributed by atoms with van der Waals surface area (Å²) >= 11 is 2.72. The predicted octanol–water partition coefficient (Wildman–Crippen LogP) is 5.00. The average Bonchev–Trinajstić information content (AvgIpc) is 3.50. The molecule has 5 rings (SSSR count). The van der Waals surface area contributed by atoms with Gasteiger partial charge in [-0.15, -0.1) is 11.3 Å². The molecule has 3 aromatic heterocycles. The lowest BCUT2D eigenvalue weighted by atomic mass is 10.2. The SMILES string of the molecule is COc1ccc(Cn2c(SCc3nc(-c4ccc(F)cc4)no3)nc3ccsc3c2=O)cc1. The molecule has 33 heavy (non-hydrogen) atoms. The van der Waals surface area contributed by atoms with E-state index >= 15 is 0 Å². The number of fused-ring (bicyclic) bond motifs is 1. The van der Waals surface area contributed by atoms with Crippen molar-refractivity contribution < 1.29 is 13.7 Å². The maximum atomic E-state index is 13.2. The Labute approximate surface area is 195 Å². The summed E-state index contributed by atoms with van der Waals surface area (Å²) in [7, 11) is 1.61. The smallest absolute Gasteiger partial charge is 0.272 e. The molecule has 2 aromatic carbocycles. The highest BCUT2D eigenvalue weighted by Gasteiger charge is 2.16. The van der Waals surface area contributed by atoms with Crippen molar-refractivity contribution in [3.05, 3.63) is 87.6 Å². The summed E-state index contributed by atoms with van der Waals surface area (Å²) in [5.74, 6) is 1.51. The van der Waals surface area contributed by atoms with E-state index < -0.39 is 0 Å². The normalized spacial score (nSPS) is 11.2. The van der Waals surface area contributed by atoms with E-state index in [0.29, 0.717) is 44.9 Å². The first-order chi connectivity index (χ1) is 16.1. The van der Waals surface area contributed by atoms with Crippen LogP contribution in [0.5, 0.6) is 5.75 Å². The molecule has 7 nitrogen and oxygen atoms in total. The fraction of sp³-hybridized carbons (Fsp3) is 0.130. The Morgan fingerprint density at radius 2 is 1.88 bits per heavy atom. The van der Waals surface area contributed by atoms with Crippen LogP contribution in [0.4, 0.5) is 4.39 Å². The highest BCUT2D eigenvalue weighted by Crippen LogP contribution is 2.25. The molecule has 0 saturated carbocycles. The van der Waals surface area contributed by atoms with Crippen molar-refractivity contribution in [2.45, 2.75) is 17.5 Å². The number of thiophene rings is 1. The minimum absolute atomic E-state index is 0.0918. The minimum atomic E-state index is -0.331. The van der Waals surface area contributed by atoms with Gasteiger partial charge >= 0.3 is 0 Å². The molecule has 0 fully saturated rings. The molecule has 0 radical (unpaired) electrons. The molecule has 0 aliphatic carbocycles. The van der Waals surface area contributed by atoms with Crippen molar-refractivity contribution in [3.8, 4) is 17.1 Å². The molecule has 0 N–H and O–H groups in total. The number of methoxy groups -OCH3 is 1. The van der Waals surface area contributed by atoms with Gasteiger partial charge < -0.3 is 9.26 Å². The molecule has 0 spiro atoms. The number of thioether (sulfide) groups is 1. The first-order valence-corrected chi connectivity index (χ1v) is 11.8. The summed E-state index contributed by atoms with van der Waals surface area (Å²) < 4.78 is 26.0. The number of halogens is 1. The van der Waals surface area contributed by atoms with Gasteiger partial charge in [0, 0.05) is 5.56 Å². The predicted molar refractivity (Wildman–Crippen MR) is 125 cm³/mol. The first-order valence-electron chi connectivity index (χ1n) is 9.93. The first kappa shape index (κ1) is 21.4. The fourth-order valence-corrected chi connectivity index (χ4v) is 4.86. The Kier molecular flexibility index (Phi) is 5.93. The van der Waals surface area contributed by atoms with Crippen LogP contribution in [0.3, 0.4) is 0 Å². The molecule has 0 bridgehead atoms. The standard InChI is InChI=1S/C23H17FN4O3S2/c1-30-17-8-2-14(3-9-17)12-28-22(29)20-18(10-11-32-20)25-23(28)33-13-19-26-21(27-31-19)15-4-6-16(24)7-5-15/h2-11H,12-13H2,1H3. The molecule has 0 aliphatic heterocycles. The Bertz CT molecular complexity index is 1460. The van der Waals surface area contributed by atoms with Crippen LogP contribution in [0.25, 0.3) is 21.6 Å². The zero-order valence-corrected chi connectivity index (χ0v) is 19.0. The van der Waals surface area contributed by atoms with E-state index in [-0.39, 0.29) is 11.4 Å². The molecule has 0 atom stereocenters. The highest BCUT2D eigenvalue weighted by atomic mass is 32.2. The monoisotopic (exact) mass is 480 g/mol. The number of ether oxygens (including phenoxy) is 1. The van der Waals surface area contributed by atoms with Crippen LogP contribution in [0.2, 0.25) is 0 Å². The largest absolute Gasteiger partial charge is 0.497 e. The second-order valence-corrected chi connectivity index (χ2v) is 8.93. The van der Waals surface area contributed by atoms with Crippen molar-refractivity contribution in [1.29, 1.82) is 0 Å². The van der Waals surface area contributed by atoms with Crippen LogP contribution < -0.4 is 10.3 Å². The molecule has 0 unspecified atom stereocenters. The van der Waals surface area contributed by atoms with Crippen LogP contribution in [-0.2, 0) is 12.3 Å². The van der Waals surface area contributed by atoms with Crippen molar-refractivity contribution in [2.75, 3.05) is 7.11 Å². The van der Waals surface area contributed by atoms with Gasteiger partial charge in [-0.05, 0) is 53.4 Å². The van der Waals surface area contributed by atoms with Gasteiger partial charge in [0.25, 0.3) is 5.56 Å². The average molecular weight is 481 g/mol. The van der Waals surface area contributed by atoms with Crippen LogP contribution in [0, 0.1) is 5.82 Å². The van der Waals surface area contributed by atoms with Crippen molar-refractivity contribution in [2.24, 2.45) is 0 Å². The number of aromatic nitrogens is 4. The van der Waals surface area contributed by atoms with Crippen molar-refractivity contribution in [3.63, 3.8) is 0 Å². The lowest BCUT2D eigenvalue weighted by Crippen LogP contribution is -2.23. The summed E-state index contributed by atoms with van der Waals surface area (Å²) in [5.41, 5.74) is 2.18. The highest BCUT2D eigenvalue weighted by molar-refractivity contribution is 7.98. The molecule has 166 valence electrons. The Hall–Kier alpha value is -3.50. The number of hydrogen-bond acceptors (Lipinski definition) is 8. The van der Waals surface area contributed by atoms with E-state index in [9.17, 15) is 9.18 Å². The number of benzene rings is 2. The molecular formula is C23H17FN4O3S2. The van der Waals surface area contributed by atoms with Gasteiger partial charge in [0.15, 0.2) is 5.16 Å². The zero-order chi connectivity index (χ0) is 22.8. The second-order valence-electron chi connectivity index (χ2n) is 7.08. The van der Waals surface area contributed by atoms with E-state index in [4.69, 9.17) is 14.2 Å². The van der Waals surface area contributed by atoms with Crippen LogP contribution in [-0.4, -0.2) is 26.8 Å². The van der Waals surface area contributed by atoms with Gasteiger partial charge in [-0.2, -0.15) is 4.98 Å². The van der Waals surface area contributed by atoms with Crippen LogP contribution in [0.1, 0.15) is 11.5 Å². The van der Waals surface area contributed by atoms with E-state index in [1.165, 1.54) is 35.2 Å². The van der Waals surface area contributed by atoms with Gasteiger partial charge in [0.05, 0.1) is 24.9 Å². The zero-order valence-electron chi connectivity index (χ0n) is 17.4. The molecule has 10 heteroatoms. The molecule has 0 amide bonds. The van der Waals surface area contributed by atoms with Crippen LogP contribution in [0.15, 0.2) is 74.5 Å². The van der Waals surface area contributed by atoms with Crippen molar-refractivity contribution in [1.82, 2.24) is 19.7 Å². The maximum absolute atomic E-state index is 13.2. The Morgan fingerprint density at radius 1 is 1.09 bits per heavy atom. The Balaban J connectivity index is 1.42. The number of hydrogen-bond donors (Lipinski definition) is 0. The van der Waals surface area contributed by atoms with Crippen LogP contribution >= 0.6 is 23.1 Å². The second kappa shape index (κ2) is 9.16. The molecule has 0 saturated heterocycles. The van der Waals surface area contributed by atoms with Gasteiger partial charge in [0.1, 0.15) is 16.3 Å². The summed E-state index contributed by atoms with van der Waals surface area (Å²) in [6, 6.07) is 15.3.